The van der Waals surface area contributed by atoms with Crippen LogP contribution in [0.2, 0.25) is 0 Å². The number of nitrogens with one attached hydrogen (secondary N) is 1. The average molecular weight is 330 g/mol. The molecule has 0 aliphatic heterocycles. The Morgan fingerprint density at radius 3 is 2.72 bits per heavy atom. The zero-order valence-corrected chi connectivity index (χ0v) is 13.8. The molecule has 0 radical (unpaired) electrons. The molecule has 0 saturated heterocycles. The van der Waals surface area contributed by atoms with Crippen molar-refractivity contribution in [3.05, 3.63) is 20.8 Å². The maximum atomic E-state index is 3.66. The fourth-order valence-electron chi connectivity index (χ4n) is 2.78. The van der Waals surface area contributed by atoms with Crippen molar-refractivity contribution in [1.82, 2.24) is 5.32 Å². The standard InChI is InChI=1S/C15H24BrNS/c1-11-3-5-13(6-4-11)7-8-17-12(2)15-9-14(16)10-18-15/h9-13,17H,3-8H2,1-2H3. The van der Waals surface area contributed by atoms with E-state index in [9.17, 15) is 0 Å². The van der Waals surface area contributed by atoms with Gasteiger partial charge in [0.15, 0.2) is 0 Å². The lowest BCUT2D eigenvalue weighted by Crippen LogP contribution is -2.23. The van der Waals surface area contributed by atoms with Crippen LogP contribution in [0.3, 0.4) is 0 Å². The third-order valence-corrected chi connectivity index (χ3v) is 6.03. The molecule has 1 N–H and O–H groups in total. The van der Waals surface area contributed by atoms with Gasteiger partial charge in [-0.15, -0.1) is 11.3 Å². The monoisotopic (exact) mass is 329 g/mol. The molecule has 0 amide bonds. The SMILES string of the molecule is CC1CCC(CCNC(C)c2cc(Br)cs2)CC1. The third kappa shape index (κ3) is 4.36. The minimum absolute atomic E-state index is 0.490. The molecule has 1 heterocycles. The normalized spacial score (nSPS) is 26.2. The molecule has 18 heavy (non-hydrogen) atoms. The van der Waals surface area contributed by atoms with E-state index in [0.29, 0.717) is 6.04 Å². The summed E-state index contributed by atoms with van der Waals surface area (Å²) in [6, 6.07) is 2.72. The van der Waals surface area contributed by atoms with Crippen molar-refractivity contribution in [2.75, 3.05) is 6.54 Å². The minimum Gasteiger partial charge on any atom is -0.309 e. The summed E-state index contributed by atoms with van der Waals surface area (Å²) in [6.07, 6.45) is 7.13. The Hall–Kier alpha value is 0.140. The van der Waals surface area contributed by atoms with Crippen LogP contribution in [-0.2, 0) is 0 Å². The molecule has 102 valence electrons. The summed E-state index contributed by atoms with van der Waals surface area (Å²) in [5.41, 5.74) is 0. The second-order valence-corrected chi connectivity index (χ2v) is 7.62. The van der Waals surface area contributed by atoms with Crippen molar-refractivity contribution in [3.8, 4) is 0 Å². The molecule has 0 spiro atoms. The van der Waals surface area contributed by atoms with E-state index < -0.39 is 0 Å². The van der Waals surface area contributed by atoms with Crippen LogP contribution < -0.4 is 5.32 Å². The van der Waals surface area contributed by atoms with Crippen LogP contribution in [0.1, 0.15) is 56.9 Å². The van der Waals surface area contributed by atoms with Crippen LogP contribution in [0.15, 0.2) is 15.9 Å². The molecule has 1 aromatic rings. The summed E-state index contributed by atoms with van der Waals surface area (Å²) in [5, 5.41) is 5.82. The zero-order chi connectivity index (χ0) is 13.0. The van der Waals surface area contributed by atoms with Crippen molar-refractivity contribution in [2.45, 2.75) is 52.0 Å². The van der Waals surface area contributed by atoms with Crippen molar-refractivity contribution in [3.63, 3.8) is 0 Å². The van der Waals surface area contributed by atoms with Crippen LogP contribution in [0.4, 0.5) is 0 Å². The van der Waals surface area contributed by atoms with E-state index >= 15 is 0 Å². The molecule has 0 bridgehead atoms. The second kappa shape index (κ2) is 7.06. The van der Waals surface area contributed by atoms with Gasteiger partial charge in [-0.2, -0.15) is 0 Å². The molecule has 3 heteroatoms. The Bertz CT molecular complexity index is 355. The molecule has 0 aromatic carbocycles. The first-order valence-corrected chi connectivity index (χ1v) is 8.79. The summed E-state index contributed by atoms with van der Waals surface area (Å²) in [4.78, 5) is 1.43. The molecule has 1 aliphatic carbocycles. The maximum absolute atomic E-state index is 3.66. The Balaban J connectivity index is 1.66. The highest BCUT2D eigenvalue weighted by atomic mass is 79.9. The molecular formula is C15H24BrNS. The molecule has 1 unspecified atom stereocenters. The average Bonchev–Trinajstić information content (AvgIpc) is 2.78. The molecule has 1 atom stereocenters. The van der Waals surface area contributed by atoms with Crippen molar-refractivity contribution < 1.29 is 0 Å². The number of hydrogen-bond donors (Lipinski definition) is 1. The summed E-state index contributed by atoms with van der Waals surface area (Å²) in [5.74, 6) is 1.94. The molecule has 1 nitrogen and oxygen atoms in total. The van der Waals surface area contributed by atoms with Gasteiger partial charge in [0.2, 0.25) is 0 Å². The Morgan fingerprint density at radius 1 is 1.39 bits per heavy atom. The zero-order valence-electron chi connectivity index (χ0n) is 11.4. The van der Waals surface area contributed by atoms with Crippen molar-refractivity contribution >= 4 is 27.3 Å². The molecule has 1 saturated carbocycles. The van der Waals surface area contributed by atoms with E-state index in [2.05, 4.69) is 46.5 Å². The lowest BCUT2D eigenvalue weighted by molar-refractivity contribution is 0.273. The van der Waals surface area contributed by atoms with Crippen LogP contribution >= 0.6 is 27.3 Å². The second-order valence-electron chi connectivity index (χ2n) is 5.76. The highest BCUT2D eigenvalue weighted by molar-refractivity contribution is 9.10. The lowest BCUT2D eigenvalue weighted by Gasteiger charge is -2.26. The van der Waals surface area contributed by atoms with Crippen LogP contribution in [-0.4, -0.2) is 6.54 Å². The van der Waals surface area contributed by atoms with E-state index in [-0.39, 0.29) is 0 Å². The third-order valence-electron chi connectivity index (χ3n) is 4.15. The Morgan fingerprint density at radius 2 is 2.11 bits per heavy atom. The van der Waals surface area contributed by atoms with E-state index in [0.717, 1.165) is 18.4 Å². The van der Waals surface area contributed by atoms with Crippen molar-refractivity contribution in [1.29, 1.82) is 0 Å². The van der Waals surface area contributed by atoms with Gasteiger partial charge < -0.3 is 5.32 Å². The van der Waals surface area contributed by atoms with Gasteiger partial charge >= 0.3 is 0 Å². The summed E-state index contributed by atoms with van der Waals surface area (Å²) in [6.45, 7) is 5.82. The van der Waals surface area contributed by atoms with E-state index in [1.807, 2.05) is 11.3 Å². The first-order valence-electron chi connectivity index (χ1n) is 7.12. The highest BCUT2D eigenvalue weighted by Crippen LogP contribution is 2.30. The molecule has 1 aliphatic rings. The van der Waals surface area contributed by atoms with Crippen LogP contribution in [0.5, 0.6) is 0 Å². The largest absolute Gasteiger partial charge is 0.309 e. The molecule has 1 aromatic heterocycles. The number of rotatable bonds is 5. The Labute approximate surface area is 123 Å². The summed E-state index contributed by atoms with van der Waals surface area (Å²) < 4.78 is 1.21. The summed E-state index contributed by atoms with van der Waals surface area (Å²) in [7, 11) is 0. The fourth-order valence-corrected chi connectivity index (χ4v) is 4.26. The predicted molar refractivity (Wildman–Crippen MR) is 84.2 cm³/mol. The van der Waals surface area contributed by atoms with Crippen molar-refractivity contribution in [2.24, 2.45) is 11.8 Å². The smallest absolute Gasteiger partial charge is 0.0386 e. The molecule has 2 rings (SSSR count). The maximum Gasteiger partial charge on any atom is 0.0386 e. The number of hydrogen-bond acceptors (Lipinski definition) is 2. The summed E-state index contributed by atoms with van der Waals surface area (Å²) >= 11 is 5.35. The van der Waals surface area contributed by atoms with Gasteiger partial charge in [-0.3, -0.25) is 0 Å². The van der Waals surface area contributed by atoms with E-state index in [4.69, 9.17) is 0 Å². The van der Waals surface area contributed by atoms with Gasteiger partial charge in [0.25, 0.3) is 0 Å². The van der Waals surface area contributed by atoms with Crippen LogP contribution in [0.25, 0.3) is 0 Å². The van der Waals surface area contributed by atoms with Gasteiger partial charge in [0, 0.05) is 20.8 Å². The Kier molecular flexibility index (Phi) is 5.71. The quantitative estimate of drug-likeness (QED) is 0.764. The molecular weight excluding hydrogens is 306 g/mol. The fraction of sp³-hybridized carbons (Fsp3) is 0.733. The van der Waals surface area contributed by atoms with Gasteiger partial charge in [-0.05, 0) is 53.7 Å². The van der Waals surface area contributed by atoms with Gasteiger partial charge in [-0.1, -0.05) is 32.6 Å². The first kappa shape index (κ1) is 14.5. The molecule has 1 fully saturated rings. The lowest BCUT2D eigenvalue weighted by atomic mass is 9.81. The van der Waals surface area contributed by atoms with E-state index in [1.165, 1.54) is 41.5 Å². The predicted octanol–water partition coefficient (Wildman–Crippen LogP) is 5.38. The van der Waals surface area contributed by atoms with Crippen LogP contribution in [0, 0.1) is 11.8 Å². The number of halogens is 1. The van der Waals surface area contributed by atoms with E-state index in [1.54, 1.807) is 0 Å². The topological polar surface area (TPSA) is 12.0 Å². The minimum atomic E-state index is 0.490. The first-order chi connectivity index (χ1) is 8.65. The van der Waals surface area contributed by atoms with Gasteiger partial charge in [0.05, 0.1) is 0 Å². The van der Waals surface area contributed by atoms with Gasteiger partial charge in [-0.25, -0.2) is 0 Å². The number of thiophene rings is 1. The highest BCUT2D eigenvalue weighted by Gasteiger charge is 2.18. The van der Waals surface area contributed by atoms with Gasteiger partial charge in [0.1, 0.15) is 0 Å².